The van der Waals surface area contributed by atoms with E-state index in [2.05, 4.69) is 20.6 Å². The number of ether oxygens (including phenoxy) is 1. The molecule has 0 saturated carbocycles. The van der Waals surface area contributed by atoms with E-state index in [0.717, 1.165) is 36.6 Å². The van der Waals surface area contributed by atoms with E-state index in [0.29, 0.717) is 24.6 Å². The number of amides is 1. The van der Waals surface area contributed by atoms with Gasteiger partial charge in [-0.25, -0.2) is 4.98 Å². The van der Waals surface area contributed by atoms with Crippen molar-refractivity contribution in [1.82, 2.24) is 9.88 Å². The number of anilines is 1. The van der Waals surface area contributed by atoms with Crippen molar-refractivity contribution in [3.05, 3.63) is 40.9 Å². The quantitative estimate of drug-likeness (QED) is 0.757. The molecule has 1 aliphatic rings. The lowest BCUT2D eigenvalue weighted by molar-refractivity contribution is -0.116. The van der Waals surface area contributed by atoms with Gasteiger partial charge in [0, 0.05) is 18.3 Å². The van der Waals surface area contributed by atoms with Crippen LogP contribution in [0, 0.1) is 0 Å². The number of hydrogen-bond acceptors (Lipinski definition) is 5. The number of thiazole rings is 1. The van der Waals surface area contributed by atoms with Crippen molar-refractivity contribution < 1.29 is 9.53 Å². The van der Waals surface area contributed by atoms with Crippen molar-refractivity contribution in [1.29, 1.82) is 0 Å². The van der Waals surface area contributed by atoms with Crippen molar-refractivity contribution in [2.24, 2.45) is 0 Å². The fraction of sp³-hybridized carbons (Fsp3) is 0.500. The molecule has 5 nitrogen and oxygen atoms in total. The van der Waals surface area contributed by atoms with Crippen LogP contribution in [-0.4, -0.2) is 35.5 Å². The summed E-state index contributed by atoms with van der Waals surface area (Å²) in [7, 11) is 0. The molecule has 1 N–H and O–H groups in total. The number of para-hydroxylation sites is 1. The zero-order valence-electron chi connectivity index (χ0n) is 15.4. The third-order valence-corrected chi connectivity index (χ3v) is 5.33. The summed E-state index contributed by atoms with van der Waals surface area (Å²) in [5.74, 6) is 0.857. The van der Waals surface area contributed by atoms with E-state index in [-0.39, 0.29) is 5.91 Å². The van der Waals surface area contributed by atoms with Crippen LogP contribution >= 0.6 is 11.3 Å². The Morgan fingerprint density at radius 2 is 2.08 bits per heavy atom. The van der Waals surface area contributed by atoms with Gasteiger partial charge in [-0.15, -0.1) is 11.3 Å². The Morgan fingerprint density at radius 3 is 2.88 bits per heavy atom. The van der Waals surface area contributed by atoms with E-state index in [1.807, 2.05) is 31.2 Å². The van der Waals surface area contributed by atoms with Gasteiger partial charge in [0.05, 0.1) is 12.3 Å². The minimum absolute atomic E-state index is 0.00447. The fourth-order valence-electron chi connectivity index (χ4n) is 3.22. The molecule has 1 amide bonds. The minimum atomic E-state index is -0.00447. The monoisotopic (exact) mass is 373 g/mol. The molecule has 0 unspecified atom stereocenters. The molecule has 1 aliphatic heterocycles. The van der Waals surface area contributed by atoms with Crippen LogP contribution in [0.2, 0.25) is 0 Å². The van der Waals surface area contributed by atoms with Gasteiger partial charge in [-0.05, 0) is 50.9 Å². The third kappa shape index (κ3) is 5.54. The summed E-state index contributed by atoms with van der Waals surface area (Å²) in [6.45, 7) is 5.78. The summed E-state index contributed by atoms with van der Waals surface area (Å²) in [5, 5.41) is 5.68. The molecule has 0 radical (unpaired) electrons. The number of hydrogen-bond donors (Lipinski definition) is 1. The zero-order chi connectivity index (χ0) is 18.2. The summed E-state index contributed by atoms with van der Waals surface area (Å²) in [6, 6.07) is 7.89. The minimum Gasteiger partial charge on any atom is -0.494 e. The maximum atomic E-state index is 12.3. The largest absolute Gasteiger partial charge is 0.494 e. The lowest BCUT2D eigenvalue weighted by atomic mass is 10.1. The molecule has 1 aromatic heterocycles. The summed E-state index contributed by atoms with van der Waals surface area (Å²) < 4.78 is 5.62. The van der Waals surface area contributed by atoms with Gasteiger partial charge in [-0.1, -0.05) is 24.6 Å². The average Bonchev–Trinajstić information content (AvgIpc) is 3.09. The van der Waals surface area contributed by atoms with Crippen LogP contribution in [0.3, 0.4) is 0 Å². The molecule has 6 heteroatoms. The van der Waals surface area contributed by atoms with Crippen molar-refractivity contribution >= 4 is 22.4 Å². The summed E-state index contributed by atoms with van der Waals surface area (Å²) in [6.07, 6.45) is 4.97. The Morgan fingerprint density at radius 1 is 1.27 bits per heavy atom. The summed E-state index contributed by atoms with van der Waals surface area (Å²) >= 11 is 1.50. The summed E-state index contributed by atoms with van der Waals surface area (Å²) in [5.41, 5.74) is 2.11. The first-order valence-corrected chi connectivity index (χ1v) is 10.3. The second kappa shape index (κ2) is 9.69. The lowest BCUT2D eigenvalue weighted by Crippen LogP contribution is -2.29. The highest BCUT2D eigenvalue weighted by atomic mass is 32.1. The van der Waals surface area contributed by atoms with Gasteiger partial charge >= 0.3 is 0 Å². The number of nitrogens with zero attached hydrogens (tertiary/aromatic N) is 2. The molecule has 140 valence electrons. The first-order valence-electron chi connectivity index (χ1n) is 9.42. The highest BCUT2D eigenvalue weighted by Crippen LogP contribution is 2.21. The Kier molecular flexibility index (Phi) is 7.03. The van der Waals surface area contributed by atoms with E-state index in [1.165, 1.54) is 30.6 Å². The van der Waals surface area contributed by atoms with E-state index < -0.39 is 0 Å². The van der Waals surface area contributed by atoms with Gasteiger partial charge in [-0.3, -0.25) is 9.69 Å². The molecule has 0 atom stereocenters. The van der Waals surface area contributed by atoms with Gasteiger partial charge in [0.25, 0.3) is 0 Å². The predicted octanol–water partition coefficient (Wildman–Crippen LogP) is 4.10. The standard InChI is InChI=1S/C20H27N3O2S/c1-2-25-18-9-5-4-8-16(18)10-11-19(24)22-20-21-17(15-26-20)14-23-12-6-3-7-13-23/h4-5,8-9,15H,2-3,6-7,10-14H2,1H3,(H,21,22,24). The van der Waals surface area contributed by atoms with Crippen LogP contribution in [0.25, 0.3) is 0 Å². The van der Waals surface area contributed by atoms with Crippen LogP contribution in [0.15, 0.2) is 29.6 Å². The molecule has 1 aromatic carbocycles. The highest BCUT2D eigenvalue weighted by Gasteiger charge is 2.13. The molecule has 26 heavy (non-hydrogen) atoms. The third-order valence-electron chi connectivity index (χ3n) is 4.53. The number of nitrogens with one attached hydrogen (secondary N) is 1. The topological polar surface area (TPSA) is 54.5 Å². The van der Waals surface area contributed by atoms with E-state index >= 15 is 0 Å². The number of aryl methyl sites for hydroxylation is 1. The smallest absolute Gasteiger partial charge is 0.226 e. The van der Waals surface area contributed by atoms with Crippen molar-refractivity contribution in [2.45, 2.75) is 45.6 Å². The van der Waals surface area contributed by atoms with E-state index in [9.17, 15) is 4.79 Å². The first-order chi connectivity index (χ1) is 12.7. The van der Waals surface area contributed by atoms with Crippen LogP contribution in [-0.2, 0) is 17.8 Å². The maximum Gasteiger partial charge on any atom is 0.226 e. The molecule has 1 saturated heterocycles. The molecule has 2 heterocycles. The molecular weight excluding hydrogens is 346 g/mol. The second-order valence-corrected chi connectivity index (χ2v) is 7.43. The Balaban J connectivity index is 1.48. The number of aromatic nitrogens is 1. The van der Waals surface area contributed by atoms with Crippen molar-refractivity contribution in [3.8, 4) is 5.75 Å². The highest BCUT2D eigenvalue weighted by molar-refractivity contribution is 7.13. The number of likely N-dealkylation sites (tertiary alicyclic amines) is 1. The molecule has 0 spiro atoms. The maximum absolute atomic E-state index is 12.3. The van der Waals surface area contributed by atoms with Gasteiger partial charge in [0.15, 0.2) is 5.13 Å². The van der Waals surface area contributed by atoms with Gasteiger partial charge in [-0.2, -0.15) is 0 Å². The van der Waals surface area contributed by atoms with Crippen molar-refractivity contribution in [3.63, 3.8) is 0 Å². The second-order valence-electron chi connectivity index (χ2n) is 6.57. The fourth-order valence-corrected chi connectivity index (χ4v) is 3.94. The first kappa shape index (κ1) is 18.9. The number of benzene rings is 1. The molecule has 3 rings (SSSR count). The molecule has 1 fully saturated rings. The predicted molar refractivity (Wildman–Crippen MR) is 106 cm³/mol. The van der Waals surface area contributed by atoms with Crippen molar-refractivity contribution in [2.75, 3.05) is 25.0 Å². The van der Waals surface area contributed by atoms with Crippen LogP contribution in [0.1, 0.15) is 43.9 Å². The van der Waals surface area contributed by atoms with Crippen LogP contribution in [0.5, 0.6) is 5.75 Å². The number of piperidine rings is 1. The summed E-state index contributed by atoms with van der Waals surface area (Å²) in [4.78, 5) is 19.3. The number of carbonyl (C=O) groups is 1. The number of carbonyl (C=O) groups excluding carboxylic acids is 1. The van der Waals surface area contributed by atoms with E-state index in [4.69, 9.17) is 4.74 Å². The molecular formula is C20H27N3O2S. The van der Waals surface area contributed by atoms with Gasteiger partial charge < -0.3 is 10.1 Å². The Hall–Kier alpha value is -1.92. The normalized spacial score (nSPS) is 15.0. The zero-order valence-corrected chi connectivity index (χ0v) is 16.2. The van der Waals surface area contributed by atoms with Gasteiger partial charge in [0.2, 0.25) is 5.91 Å². The SMILES string of the molecule is CCOc1ccccc1CCC(=O)Nc1nc(CN2CCCCC2)cs1. The van der Waals surface area contributed by atoms with E-state index in [1.54, 1.807) is 0 Å². The molecule has 0 bridgehead atoms. The van der Waals surface area contributed by atoms with Gasteiger partial charge in [0.1, 0.15) is 5.75 Å². The average molecular weight is 374 g/mol. The Bertz CT molecular complexity index is 711. The molecule has 2 aromatic rings. The lowest BCUT2D eigenvalue weighted by Gasteiger charge is -2.25. The Labute approximate surface area is 159 Å². The molecule has 0 aliphatic carbocycles. The van der Waals surface area contributed by atoms with Crippen LogP contribution in [0.4, 0.5) is 5.13 Å². The number of rotatable bonds is 8. The van der Waals surface area contributed by atoms with Crippen LogP contribution < -0.4 is 10.1 Å².